The van der Waals surface area contributed by atoms with Crippen molar-refractivity contribution in [1.82, 2.24) is 0 Å². The Morgan fingerprint density at radius 3 is 2.33 bits per heavy atom. The molecule has 0 aliphatic rings. The van der Waals surface area contributed by atoms with Crippen molar-refractivity contribution in [3.63, 3.8) is 0 Å². The molecule has 0 amide bonds. The fraction of sp³-hybridized carbons (Fsp3) is 0.700. The van der Waals surface area contributed by atoms with Gasteiger partial charge in [-0.2, -0.15) is 0 Å². The van der Waals surface area contributed by atoms with Gasteiger partial charge in [0.1, 0.15) is 0 Å². The Labute approximate surface area is 106 Å². The van der Waals surface area contributed by atoms with Gasteiger partial charge in [0, 0.05) is 12.5 Å². The van der Waals surface area contributed by atoms with Crippen molar-refractivity contribution in [3.05, 3.63) is 11.8 Å². The van der Waals surface area contributed by atoms with Crippen LogP contribution in [-0.4, -0.2) is 16.2 Å². The van der Waals surface area contributed by atoms with Gasteiger partial charge in [-0.25, -0.2) is 0 Å². The molecule has 88 valence electrons. The summed E-state index contributed by atoms with van der Waals surface area (Å²) in [6.45, 7) is 4.41. The first-order valence-electron chi connectivity index (χ1n) is 4.86. The number of carbonyl (C=O) groups excluding carboxylic acids is 1. The maximum absolute atomic E-state index is 11.4. The predicted octanol–water partition coefficient (Wildman–Crippen LogP) is 4.04. The van der Waals surface area contributed by atoms with Crippen molar-refractivity contribution >= 4 is 40.6 Å². The number of hydrogen-bond acceptors (Lipinski definition) is 2. The molecule has 0 spiro atoms. The second kappa shape index (κ2) is 7.37. The maximum atomic E-state index is 11.4. The van der Waals surface area contributed by atoms with Gasteiger partial charge < -0.3 is 4.74 Å². The highest BCUT2D eigenvalue weighted by molar-refractivity contribution is 6.77. The van der Waals surface area contributed by atoms with Gasteiger partial charge in [-0.05, 0) is 13.3 Å². The number of rotatable bonds is 6. The third kappa shape index (κ3) is 7.04. The Kier molecular flexibility index (Phi) is 7.41. The second-order valence-electron chi connectivity index (χ2n) is 3.01. The standard InChI is InChI=1S/C10H15Cl3O2/c1-3-5-6-8(15-4-2)7-9(14)10(11,12)13/h7H,3-6H2,1-2H3/b8-7-. The number of carbonyl (C=O) groups is 1. The maximum Gasteiger partial charge on any atom is 0.252 e. The van der Waals surface area contributed by atoms with Crippen LogP contribution in [0.15, 0.2) is 11.8 Å². The number of unbranched alkanes of at least 4 members (excludes halogenated alkanes) is 1. The van der Waals surface area contributed by atoms with Crippen LogP contribution < -0.4 is 0 Å². The van der Waals surface area contributed by atoms with E-state index in [9.17, 15) is 4.79 Å². The molecule has 0 rings (SSSR count). The SMILES string of the molecule is CCCC/C(=C/C(=O)C(Cl)(Cl)Cl)OCC. The Hall–Kier alpha value is 0.0800. The molecule has 0 unspecified atom stereocenters. The molecule has 0 aromatic rings. The van der Waals surface area contributed by atoms with Gasteiger partial charge in [-0.1, -0.05) is 48.1 Å². The molecule has 15 heavy (non-hydrogen) atoms. The number of halogens is 3. The summed E-state index contributed by atoms with van der Waals surface area (Å²) in [6.07, 6.45) is 3.92. The molecule has 0 bridgehead atoms. The monoisotopic (exact) mass is 272 g/mol. The molecule has 0 radical (unpaired) electrons. The van der Waals surface area contributed by atoms with Gasteiger partial charge in [-0.15, -0.1) is 0 Å². The van der Waals surface area contributed by atoms with E-state index in [0.29, 0.717) is 18.8 Å². The minimum absolute atomic E-state index is 0.503. The van der Waals surface area contributed by atoms with E-state index in [4.69, 9.17) is 39.5 Å². The molecule has 0 aromatic carbocycles. The number of alkyl halides is 3. The molecule has 5 heteroatoms. The predicted molar refractivity (Wildman–Crippen MR) is 64.5 cm³/mol. The van der Waals surface area contributed by atoms with E-state index in [1.54, 1.807) is 0 Å². The average molecular weight is 274 g/mol. The van der Waals surface area contributed by atoms with Crippen LogP contribution in [-0.2, 0) is 9.53 Å². The van der Waals surface area contributed by atoms with E-state index in [1.165, 1.54) is 6.08 Å². The minimum atomic E-state index is -1.89. The molecule has 2 nitrogen and oxygen atoms in total. The first-order valence-corrected chi connectivity index (χ1v) is 5.99. The first-order chi connectivity index (χ1) is 6.91. The number of ether oxygens (including phenoxy) is 1. The van der Waals surface area contributed by atoms with Crippen LogP contribution in [0.4, 0.5) is 0 Å². The Bertz CT molecular complexity index is 231. The highest BCUT2D eigenvalue weighted by Crippen LogP contribution is 2.28. The van der Waals surface area contributed by atoms with Crippen molar-refractivity contribution in [3.8, 4) is 0 Å². The molecule has 0 aromatic heterocycles. The van der Waals surface area contributed by atoms with Crippen molar-refractivity contribution in [1.29, 1.82) is 0 Å². The molecule has 0 atom stereocenters. The lowest BCUT2D eigenvalue weighted by Crippen LogP contribution is -2.16. The molecule has 0 fully saturated rings. The number of ketones is 1. The quantitative estimate of drug-likeness (QED) is 0.415. The molecule has 0 heterocycles. The van der Waals surface area contributed by atoms with Gasteiger partial charge in [-0.3, -0.25) is 4.79 Å². The van der Waals surface area contributed by atoms with Crippen molar-refractivity contribution in [2.24, 2.45) is 0 Å². The van der Waals surface area contributed by atoms with Gasteiger partial charge in [0.05, 0.1) is 12.4 Å². The third-order valence-corrected chi connectivity index (χ3v) is 2.24. The van der Waals surface area contributed by atoms with Gasteiger partial charge >= 0.3 is 0 Å². The largest absolute Gasteiger partial charge is 0.498 e. The zero-order chi connectivity index (χ0) is 11.9. The summed E-state index contributed by atoms with van der Waals surface area (Å²) in [5.41, 5.74) is 0. The van der Waals surface area contributed by atoms with Crippen molar-refractivity contribution in [2.45, 2.75) is 36.9 Å². The van der Waals surface area contributed by atoms with E-state index < -0.39 is 9.58 Å². The Morgan fingerprint density at radius 2 is 1.93 bits per heavy atom. The third-order valence-electron chi connectivity index (χ3n) is 1.68. The summed E-state index contributed by atoms with van der Waals surface area (Å²) < 4.78 is 3.38. The lowest BCUT2D eigenvalue weighted by Gasteiger charge is -2.10. The van der Waals surface area contributed by atoms with Crippen LogP contribution in [0.25, 0.3) is 0 Å². The summed E-state index contributed by atoms with van der Waals surface area (Å²) in [7, 11) is 0. The summed E-state index contributed by atoms with van der Waals surface area (Å²) in [4.78, 5) is 11.4. The number of allylic oxidation sites excluding steroid dienone is 2. The van der Waals surface area contributed by atoms with E-state index in [-0.39, 0.29) is 0 Å². The van der Waals surface area contributed by atoms with Crippen molar-refractivity contribution in [2.75, 3.05) is 6.61 Å². The second-order valence-corrected chi connectivity index (χ2v) is 5.29. The van der Waals surface area contributed by atoms with Gasteiger partial charge in [0.15, 0.2) is 0 Å². The zero-order valence-corrected chi connectivity index (χ0v) is 11.1. The van der Waals surface area contributed by atoms with E-state index in [1.807, 2.05) is 6.92 Å². The van der Waals surface area contributed by atoms with Gasteiger partial charge in [0.2, 0.25) is 5.78 Å². The number of hydrogen-bond donors (Lipinski definition) is 0. The average Bonchev–Trinajstić information content (AvgIpc) is 2.13. The van der Waals surface area contributed by atoms with Crippen LogP contribution in [0.5, 0.6) is 0 Å². The van der Waals surface area contributed by atoms with Crippen LogP contribution in [0.2, 0.25) is 0 Å². The highest BCUT2D eigenvalue weighted by Gasteiger charge is 2.29. The molecule has 0 aliphatic heterocycles. The van der Waals surface area contributed by atoms with Crippen molar-refractivity contribution < 1.29 is 9.53 Å². The molecule has 0 N–H and O–H groups in total. The normalized spacial score (nSPS) is 12.7. The zero-order valence-electron chi connectivity index (χ0n) is 8.86. The summed E-state index contributed by atoms with van der Waals surface area (Å²) >= 11 is 16.3. The highest BCUT2D eigenvalue weighted by atomic mass is 35.6. The van der Waals surface area contributed by atoms with Gasteiger partial charge in [0.25, 0.3) is 3.79 Å². The van der Waals surface area contributed by atoms with Crippen LogP contribution in [0.1, 0.15) is 33.1 Å². The summed E-state index contributed by atoms with van der Waals surface area (Å²) in [5, 5.41) is 0. The molecule has 0 aliphatic carbocycles. The molecule has 0 saturated heterocycles. The molecular weight excluding hydrogens is 258 g/mol. The summed E-state index contributed by atoms with van der Waals surface area (Å²) in [5.74, 6) is 0.0164. The van der Waals surface area contributed by atoms with E-state index in [0.717, 1.165) is 12.8 Å². The first kappa shape index (κ1) is 15.1. The minimum Gasteiger partial charge on any atom is -0.498 e. The lowest BCUT2D eigenvalue weighted by atomic mass is 10.2. The Morgan fingerprint density at radius 1 is 1.33 bits per heavy atom. The molecular formula is C10H15Cl3O2. The fourth-order valence-electron chi connectivity index (χ4n) is 0.950. The van der Waals surface area contributed by atoms with Crippen LogP contribution in [0, 0.1) is 0 Å². The topological polar surface area (TPSA) is 26.3 Å². The fourth-order valence-corrected chi connectivity index (χ4v) is 1.11. The Balaban J connectivity index is 4.45. The van der Waals surface area contributed by atoms with Crippen LogP contribution in [0.3, 0.4) is 0 Å². The smallest absolute Gasteiger partial charge is 0.252 e. The summed E-state index contributed by atoms with van der Waals surface area (Å²) in [6, 6.07) is 0. The molecule has 0 saturated carbocycles. The van der Waals surface area contributed by atoms with E-state index in [2.05, 4.69) is 6.92 Å². The van der Waals surface area contributed by atoms with Crippen LogP contribution >= 0.6 is 34.8 Å². The van der Waals surface area contributed by atoms with E-state index >= 15 is 0 Å². The lowest BCUT2D eigenvalue weighted by molar-refractivity contribution is -0.114.